The van der Waals surface area contributed by atoms with Gasteiger partial charge in [-0.3, -0.25) is 4.79 Å². The van der Waals surface area contributed by atoms with Crippen molar-refractivity contribution in [3.05, 3.63) is 35.4 Å². The van der Waals surface area contributed by atoms with Crippen molar-refractivity contribution in [2.24, 2.45) is 5.92 Å². The van der Waals surface area contributed by atoms with E-state index in [2.05, 4.69) is 36.6 Å². The van der Waals surface area contributed by atoms with E-state index in [1.165, 1.54) is 11.1 Å². The maximum atomic E-state index is 12.3. The molecule has 1 aliphatic rings. The Morgan fingerprint density at radius 2 is 2.11 bits per heavy atom. The Labute approximate surface area is 115 Å². The largest absolute Gasteiger partial charge is 0.355 e. The van der Waals surface area contributed by atoms with Gasteiger partial charge in [0.15, 0.2) is 0 Å². The Hall–Kier alpha value is -1.35. The summed E-state index contributed by atoms with van der Waals surface area (Å²) < 4.78 is 0. The number of carbonyl (C=O) groups is 1. The van der Waals surface area contributed by atoms with E-state index < -0.39 is 0 Å². The van der Waals surface area contributed by atoms with Crippen molar-refractivity contribution < 1.29 is 4.79 Å². The number of carbonyl (C=O) groups excluding carboxylic acids is 1. The van der Waals surface area contributed by atoms with Crippen LogP contribution in [0.25, 0.3) is 0 Å². The van der Waals surface area contributed by atoms with Crippen LogP contribution in [0.3, 0.4) is 0 Å². The second kappa shape index (κ2) is 6.71. The van der Waals surface area contributed by atoms with Crippen molar-refractivity contribution in [1.29, 1.82) is 0 Å². The average Bonchev–Trinajstić information content (AvgIpc) is 2.47. The summed E-state index contributed by atoms with van der Waals surface area (Å²) in [5.41, 5.74) is 2.43. The average molecular weight is 260 g/mol. The molecule has 104 valence electrons. The lowest BCUT2D eigenvalue weighted by molar-refractivity contribution is -0.122. The molecule has 1 unspecified atom stereocenters. The molecule has 0 aromatic heterocycles. The van der Waals surface area contributed by atoms with Crippen LogP contribution in [0.1, 0.15) is 43.7 Å². The van der Waals surface area contributed by atoms with Gasteiger partial charge in [-0.25, -0.2) is 0 Å². The monoisotopic (exact) mass is 260 g/mol. The highest BCUT2D eigenvalue weighted by Gasteiger charge is 2.25. The number of hydrogen-bond acceptors (Lipinski definition) is 2. The number of benzene rings is 1. The molecule has 0 fully saturated rings. The lowest BCUT2D eigenvalue weighted by atomic mass is 9.90. The smallest absolute Gasteiger partial charge is 0.228 e. The first-order valence-electron chi connectivity index (χ1n) is 7.32. The Kier molecular flexibility index (Phi) is 4.97. The number of amides is 1. The van der Waals surface area contributed by atoms with Gasteiger partial charge in [0.1, 0.15) is 0 Å². The lowest BCUT2D eigenvalue weighted by Gasteiger charge is -2.26. The van der Waals surface area contributed by atoms with Gasteiger partial charge >= 0.3 is 0 Å². The maximum Gasteiger partial charge on any atom is 0.228 e. The van der Waals surface area contributed by atoms with Crippen molar-refractivity contribution in [1.82, 2.24) is 10.6 Å². The van der Waals surface area contributed by atoms with E-state index in [4.69, 9.17) is 0 Å². The van der Waals surface area contributed by atoms with Gasteiger partial charge in [-0.05, 0) is 17.0 Å². The van der Waals surface area contributed by atoms with Crippen molar-refractivity contribution in [3.63, 3.8) is 0 Å². The summed E-state index contributed by atoms with van der Waals surface area (Å²) in [5, 5.41) is 6.44. The van der Waals surface area contributed by atoms with Gasteiger partial charge < -0.3 is 10.6 Å². The first-order valence-corrected chi connectivity index (χ1v) is 7.32. The first kappa shape index (κ1) is 14.1. The molecule has 1 heterocycles. The molecule has 3 heteroatoms. The van der Waals surface area contributed by atoms with Gasteiger partial charge in [-0.15, -0.1) is 0 Å². The quantitative estimate of drug-likeness (QED) is 0.853. The summed E-state index contributed by atoms with van der Waals surface area (Å²) >= 11 is 0. The zero-order valence-electron chi connectivity index (χ0n) is 11.9. The van der Waals surface area contributed by atoms with Crippen LogP contribution in [0.15, 0.2) is 24.3 Å². The molecule has 1 aromatic rings. The SMILES string of the molecule is CCC(CC)CNC(=O)C1CNCc2ccccc21. The zero-order chi connectivity index (χ0) is 13.7. The molecule has 0 aliphatic carbocycles. The predicted octanol–water partition coefficient (Wildman–Crippen LogP) is 2.43. The van der Waals surface area contributed by atoms with Crippen LogP contribution in [-0.4, -0.2) is 19.0 Å². The second-order valence-electron chi connectivity index (χ2n) is 5.31. The van der Waals surface area contributed by atoms with Crippen molar-refractivity contribution in [2.45, 2.75) is 39.2 Å². The van der Waals surface area contributed by atoms with Gasteiger partial charge in [0.05, 0.1) is 5.92 Å². The predicted molar refractivity (Wildman–Crippen MR) is 78.0 cm³/mol. The number of fused-ring (bicyclic) bond motifs is 1. The zero-order valence-corrected chi connectivity index (χ0v) is 11.9. The number of nitrogens with one attached hydrogen (secondary N) is 2. The van der Waals surface area contributed by atoms with E-state index in [1.807, 2.05) is 12.1 Å². The Balaban J connectivity index is 2.01. The highest BCUT2D eigenvalue weighted by atomic mass is 16.1. The minimum atomic E-state index is -0.0423. The first-order chi connectivity index (χ1) is 9.26. The molecule has 1 aromatic carbocycles. The molecule has 0 radical (unpaired) electrons. The van der Waals surface area contributed by atoms with Gasteiger partial charge in [0.2, 0.25) is 5.91 Å². The molecule has 0 bridgehead atoms. The maximum absolute atomic E-state index is 12.3. The van der Waals surface area contributed by atoms with Crippen LogP contribution in [0, 0.1) is 5.92 Å². The minimum Gasteiger partial charge on any atom is -0.355 e. The Morgan fingerprint density at radius 3 is 2.84 bits per heavy atom. The standard InChI is InChI=1S/C16H24N2O/c1-3-12(4-2)9-18-16(19)15-11-17-10-13-7-5-6-8-14(13)15/h5-8,12,15,17H,3-4,9-11H2,1-2H3,(H,18,19). The summed E-state index contributed by atoms with van der Waals surface area (Å²) in [6.07, 6.45) is 2.24. The van der Waals surface area contributed by atoms with Gasteiger partial charge in [-0.1, -0.05) is 51.0 Å². The van der Waals surface area contributed by atoms with Crippen LogP contribution < -0.4 is 10.6 Å². The summed E-state index contributed by atoms with van der Waals surface area (Å²) in [6, 6.07) is 8.23. The van der Waals surface area contributed by atoms with E-state index in [0.717, 1.165) is 32.5 Å². The fourth-order valence-electron chi connectivity index (χ4n) is 2.68. The Bertz CT molecular complexity index is 427. The molecule has 19 heavy (non-hydrogen) atoms. The fraction of sp³-hybridized carbons (Fsp3) is 0.562. The third kappa shape index (κ3) is 3.35. The third-order valence-electron chi connectivity index (χ3n) is 4.13. The Morgan fingerprint density at radius 1 is 1.37 bits per heavy atom. The molecule has 0 saturated heterocycles. The highest BCUT2D eigenvalue weighted by molar-refractivity contribution is 5.84. The molecule has 2 rings (SSSR count). The van der Waals surface area contributed by atoms with Crippen molar-refractivity contribution in [3.8, 4) is 0 Å². The molecular formula is C16H24N2O. The molecule has 0 saturated carbocycles. The van der Waals surface area contributed by atoms with E-state index in [-0.39, 0.29) is 11.8 Å². The van der Waals surface area contributed by atoms with Crippen LogP contribution in [0.4, 0.5) is 0 Å². The van der Waals surface area contributed by atoms with Crippen molar-refractivity contribution >= 4 is 5.91 Å². The van der Waals surface area contributed by atoms with Gasteiger partial charge in [0.25, 0.3) is 0 Å². The molecule has 2 N–H and O–H groups in total. The fourth-order valence-corrected chi connectivity index (χ4v) is 2.68. The van der Waals surface area contributed by atoms with Crippen LogP contribution >= 0.6 is 0 Å². The van der Waals surface area contributed by atoms with Crippen LogP contribution in [-0.2, 0) is 11.3 Å². The van der Waals surface area contributed by atoms with Gasteiger partial charge in [0, 0.05) is 19.6 Å². The third-order valence-corrected chi connectivity index (χ3v) is 4.13. The summed E-state index contributed by atoms with van der Waals surface area (Å²) in [5.74, 6) is 0.710. The minimum absolute atomic E-state index is 0.0423. The summed E-state index contributed by atoms with van der Waals surface area (Å²) in [4.78, 5) is 12.3. The number of hydrogen-bond donors (Lipinski definition) is 2. The molecule has 1 aliphatic heterocycles. The van der Waals surface area contributed by atoms with E-state index in [1.54, 1.807) is 0 Å². The molecule has 3 nitrogen and oxygen atoms in total. The normalized spacial score (nSPS) is 18.2. The topological polar surface area (TPSA) is 41.1 Å². The number of rotatable bonds is 5. The second-order valence-corrected chi connectivity index (χ2v) is 5.31. The van der Waals surface area contributed by atoms with Crippen LogP contribution in [0.2, 0.25) is 0 Å². The van der Waals surface area contributed by atoms with E-state index in [0.29, 0.717) is 5.92 Å². The highest BCUT2D eigenvalue weighted by Crippen LogP contribution is 2.23. The molecule has 1 amide bonds. The van der Waals surface area contributed by atoms with E-state index in [9.17, 15) is 4.79 Å². The lowest BCUT2D eigenvalue weighted by Crippen LogP contribution is -2.40. The summed E-state index contributed by atoms with van der Waals surface area (Å²) in [7, 11) is 0. The van der Waals surface area contributed by atoms with E-state index >= 15 is 0 Å². The molecule has 1 atom stereocenters. The molecular weight excluding hydrogens is 236 g/mol. The summed E-state index contributed by atoms with van der Waals surface area (Å²) in [6.45, 7) is 6.76. The molecule has 0 spiro atoms. The van der Waals surface area contributed by atoms with Gasteiger partial charge in [-0.2, -0.15) is 0 Å². The van der Waals surface area contributed by atoms with Crippen LogP contribution in [0.5, 0.6) is 0 Å². The van der Waals surface area contributed by atoms with Crippen molar-refractivity contribution in [2.75, 3.05) is 13.1 Å².